The van der Waals surface area contributed by atoms with Crippen LogP contribution in [0.5, 0.6) is 0 Å². The zero-order chi connectivity index (χ0) is 14.6. The maximum Gasteiger partial charge on any atom is 0.148 e. The summed E-state index contributed by atoms with van der Waals surface area (Å²) in [7, 11) is -0.947. The Morgan fingerprint density at radius 1 is 1.21 bits per heavy atom. The van der Waals surface area contributed by atoms with Crippen molar-refractivity contribution < 1.29 is 8.42 Å². The molecule has 2 atom stereocenters. The second kappa shape index (κ2) is 6.73. The third kappa shape index (κ3) is 5.51. The Labute approximate surface area is 121 Å². The molecule has 5 heteroatoms. The van der Waals surface area contributed by atoms with Crippen LogP contribution in [0, 0.1) is 0 Å². The van der Waals surface area contributed by atoms with Crippen LogP contribution in [0.2, 0.25) is 5.02 Å². The lowest BCUT2D eigenvalue weighted by Gasteiger charge is -2.30. The van der Waals surface area contributed by atoms with Gasteiger partial charge in [0.1, 0.15) is 9.84 Å². The van der Waals surface area contributed by atoms with Crippen molar-refractivity contribution in [1.82, 2.24) is 4.90 Å². The second-order valence-corrected chi connectivity index (χ2v) is 7.89. The van der Waals surface area contributed by atoms with Gasteiger partial charge in [-0.05, 0) is 37.6 Å². The van der Waals surface area contributed by atoms with Crippen LogP contribution >= 0.6 is 11.6 Å². The largest absolute Gasteiger partial charge is 0.302 e. The Morgan fingerprint density at radius 3 is 2.21 bits per heavy atom. The van der Waals surface area contributed by atoms with Gasteiger partial charge in [-0.1, -0.05) is 30.7 Å². The van der Waals surface area contributed by atoms with E-state index in [9.17, 15) is 8.42 Å². The number of likely N-dealkylation sites (N-methyl/N-ethyl adjacent to an activating group) is 1. The lowest BCUT2D eigenvalue weighted by molar-refractivity contribution is 0.244. The van der Waals surface area contributed by atoms with E-state index in [0.29, 0.717) is 12.5 Å². The average molecular weight is 304 g/mol. The molecular formula is C14H22ClNO2S. The summed E-state index contributed by atoms with van der Waals surface area (Å²) >= 11 is 5.88. The van der Waals surface area contributed by atoms with Gasteiger partial charge in [0.05, 0.1) is 5.75 Å². The quantitative estimate of drug-likeness (QED) is 0.811. The normalized spacial score (nSPS) is 15.5. The number of benzene rings is 1. The van der Waals surface area contributed by atoms with Crippen LogP contribution in [0.15, 0.2) is 24.3 Å². The summed E-state index contributed by atoms with van der Waals surface area (Å²) in [6.45, 7) is 4.81. The molecule has 19 heavy (non-hydrogen) atoms. The van der Waals surface area contributed by atoms with Crippen molar-refractivity contribution >= 4 is 21.4 Å². The first-order valence-corrected chi connectivity index (χ1v) is 8.78. The van der Waals surface area contributed by atoms with Gasteiger partial charge in [-0.25, -0.2) is 8.42 Å². The highest BCUT2D eigenvalue weighted by Crippen LogP contribution is 2.23. The average Bonchev–Trinajstić information content (AvgIpc) is 2.34. The molecule has 0 amide bonds. The molecule has 0 spiro atoms. The van der Waals surface area contributed by atoms with E-state index in [1.165, 1.54) is 11.8 Å². The Morgan fingerprint density at radius 2 is 1.74 bits per heavy atom. The number of rotatable bonds is 6. The zero-order valence-corrected chi connectivity index (χ0v) is 13.5. The van der Waals surface area contributed by atoms with E-state index in [0.717, 1.165) is 5.02 Å². The van der Waals surface area contributed by atoms with Gasteiger partial charge in [0.15, 0.2) is 0 Å². The SMILES string of the molecule is C[C@H]([C@@H](C)c1ccc(Cl)cc1)N(C)CCS(C)(=O)=O. The van der Waals surface area contributed by atoms with Crippen molar-refractivity contribution in [2.75, 3.05) is 25.6 Å². The molecule has 3 nitrogen and oxygen atoms in total. The first kappa shape index (κ1) is 16.5. The van der Waals surface area contributed by atoms with E-state index in [2.05, 4.69) is 18.7 Å². The van der Waals surface area contributed by atoms with Crippen LogP contribution < -0.4 is 0 Å². The fourth-order valence-electron chi connectivity index (χ4n) is 1.94. The molecule has 0 heterocycles. The Bertz CT molecular complexity index is 499. The van der Waals surface area contributed by atoms with E-state index in [4.69, 9.17) is 11.6 Å². The molecule has 0 saturated carbocycles. The summed E-state index contributed by atoms with van der Waals surface area (Å²) in [4.78, 5) is 2.08. The van der Waals surface area contributed by atoms with Crippen molar-refractivity contribution in [2.45, 2.75) is 25.8 Å². The first-order valence-electron chi connectivity index (χ1n) is 6.34. The van der Waals surface area contributed by atoms with Crippen LogP contribution in [0.3, 0.4) is 0 Å². The Kier molecular flexibility index (Phi) is 5.83. The van der Waals surface area contributed by atoms with Gasteiger partial charge < -0.3 is 4.90 Å². The lowest BCUT2D eigenvalue weighted by Crippen LogP contribution is -2.36. The smallest absolute Gasteiger partial charge is 0.148 e. The number of nitrogens with zero attached hydrogens (tertiary/aromatic N) is 1. The van der Waals surface area contributed by atoms with Gasteiger partial charge in [-0.15, -0.1) is 0 Å². The third-order valence-corrected chi connectivity index (χ3v) is 4.81. The maximum absolute atomic E-state index is 11.2. The van der Waals surface area contributed by atoms with Crippen molar-refractivity contribution in [2.24, 2.45) is 0 Å². The van der Waals surface area contributed by atoms with E-state index in [1.54, 1.807) is 0 Å². The molecule has 0 aromatic heterocycles. The fraction of sp³-hybridized carbons (Fsp3) is 0.571. The molecular weight excluding hydrogens is 282 g/mol. The highest BCUT2D eigenvalue weighted by molar-refractivity contribution is 7.90. The number of hydrogen-bond donors (Lipinski definition) is 0. The summed E-state index contributed by atoms with van der Waals surface area (Å²) in [5, 5.41) is 0.731. The molecule has 0 aliphatic carbocycles. The minimum Gasteiger partial charge on any atom is -0.302 e. The van der Waals surface area contributed by atoms with Crippen molar-refractivity contribution in [3.05, 3.63) is 34.9 Å². The van der Waals surface area contributed by atoms with Crippen LogP contribution in [0.1, 0.15) is 25.3 Å². The molecule has 0 aliphatic rings. The standard InChI is InChI=1S/C14H22ClNO2S/c1-11(13-5-7-14(15)8-6-13)12(2)16(3)9-10-19(4,17)18/h5-8,11-12H,9-10H2,1-4H3/t11-,12-/m1/s1. The van der Waals surface area contributed by atoms with Gasteiger partial charge in [0, 0.05) is 23.9 Å². The molecule has 0 radical (unpaired) electrons. The number of halogens is 1. The first-order chi connectivity index (χ1) is 8.70. The summed E-state index contributed by atoms with van der Waals surface area (Å²) in [6, 6.07) is 8.08. The summed E-state index contributed by atoms with van der Waals surface area (Å²) in [5.41, 5.74) is 1.21. The fourth-order valence-corrected chi connectivity index (χ4v) is 2.69. The molecule has 0 aliphatic heterocycles. The molecule has 0 bridgehead atoms. The summed E-state index contributed by atoms with van der Waals surface area (Å²) in [5.74, 6) is 0.517. The summed E-state index contributed by atoms with van der Waals surface area (Å²) < 4.78 is 22.4. The predicted octanol–water partition coefficient (Wildman–Crippen LogP) is 2.81. The van der Waals surface area contributed by atoms with E-state index < -0.39 is 9.84 Å². The van der Waals surface area contributed by atoms with Gasteiger partial charge in [-0.2, -0.15) is 0 Å². The second-order valence-electron chi connectivity index (χ2n) is 5.19. The van der Waals surface area contributed by atoms with Gasteiger partial charge in [0.25, 0.3) is 0 Å². The summed E-state index contributed by atoms with van der Waals surface area (Å²) in [6.07, 6.45) is 1.27. The molecule has 0 N–H and O–H groups in total. The minimum absolute atomic E-state index is 0.196. The maximum atomic E-state index is 11.2. The van der Waals surface area contributed by atoms with Gasteiger partial charge >= 0.3 is 0 Å². The zero-order valence-electron chi connectivity index (χ0n) is 11.9. The van der Waals surface area contributed by atoms with E-state index >= 15 is 0 Å². The van der Waals surface area contributed by atoms with Crippen LogP contribution in [0.4, 0.5) is 0 Å². The van der Waals surface area contributed by atoms with Crippen LogP contribution in [0.25, 0.3) is 0 Å². The Hall–Kier alpha value is -0.580. The molecule has 108 valence electrons. The highest BCUT2D eigenvalue weighted by atomic mass is 35.5. The van der Waals surface area contributed by atoms with E-state index in [1.807, 2.05) is 31.3 Å². The topological polar surface area (TPSA) is 37.4 Å². The molecule has 0 unspecified atom stereocenters. The molecule has 1 aromatic carbocycles. The van der Waals surface area contributed by atoms with Crippen molar-refractivity contribution in [1.29, 1.82) is 0 Å². The highest BCUT2D eigenvalue weighted by Gasteiger charge is 2.19. The minimum atomic E-state index is -2.91. The predicted molar refractivity (Wildman–Crippen MR) is 81.7 cm³/mol. The lowest BCUT2D eigenvalue weighted by atomic mass is 9.93. The van der Waals surface area contributed by atoms with Gasteiger partial charge in [-0.3, -0.25) is 0 Å². The van der Waals surface area contributed by atoms with Crippen LogP contribution in [-0.2, 0) is 9.84 Å². The molecule has 0 fully saturated rings. The van der Waals surface area contributed by atoms with Gasteiger partial charge in [0.2, 0.25) is 0 Å². The number of hydrogen-bond acceptors (Lipinski definition) is 3. The van der Waals surface area contributed by atoms with Crippen molar-refractivity contribution in [3.8, 4) is 0 Å². The van der Waals surface area contributed by atoms with E-state index in [-0.39, 0.29) is 11.8 Å². The monoisotopic (exact) mass is 303 g/mol. The van der Waals surface area contributed by atoms with Crippen LogP contribution in [-0.4, -0.2) is 45.0 Å². The molecule has 1 aromatic rings. The van der Waals surface area contributed by atoms with Crippen molar-refractivity contribution in [3.63, 3.8) is 0 Å². The number of sulfone groups is 1. The molecule has 0 saturated heterocycles. The Balaban J connectivity index is 2.65. The third-order valence-electron chi connectivity index (χ3n) is 3.63. The molecule has 1 rings (SSSR count).